The van der Waals surface area contributed by atoms with Gasteiger partial charge in [-0.25, -0.2) is 0 Å². The van der Waals surface area contributed by atoms with E-state index < -0.39 is 0 Å². The van der Waals surface area contributed by atoms with Crippen molar-refractivity contribution in [2.75, 3.05) is 6.54 Å². The van der Waals surface area contributed by atoms with E-state index in [0.29, 0.717) is 12.1 Å². The average Bonchev–Trinajstić information content (AvgIpc) is 2.72. The molecule has 3 aromatic rings. The van der Waals surface area contributed by atoms with Crippen molar-refractivity contribution in [3.05, 3.63) is 100 Å². The van der Waals surface area contributed by atoms with Gasteiger partial charge in [0.2, 0.25) is 0 Å². The molecule has 0 aliphatic carbocycles. The fourth-order valence-corrected chi connectivity index (χ4v) is 3.78. The molecule has 0 unspecified atom stereocenters. The Bertz CT molecular complexity index is 889. The van der Waals surface area contributed by atoms with Gasteiger partial charge in [0.05, 0.1) is 0 Å². The lowest BCUT2D eigenvalue weighted by Crippen LogP contribution is -2.24. The van der Waals surface area contributed by atoms with E-state index in [9.17, 15) is 4.79 Å². The summed E-state index contributed by atoms with van der Waals surface area (Å²) in [5.74, 6) is 0.875. The number of amides is 1. The van der Waals surface area contributed by atoms with Crippen LogP contribution in [0.4, 0.5) is 0 Å². The Hall–Kier alpha value is -2.23. The lowest BCUT2D eigenvalue weighted by Gasteiger charge is -2.07. The smallest absolute Gasteiger partial charge is 0.251 e. The van der Waals surface area contributed by atoms with Crippen LogP contribution in [0.25, 0.3) is 0 Å². The number of carbonyl (C=O) groups excluding carboxylic acids is 1. The molecule has 0 bridgehead atoms. The van der Waals surface area contributed by atoms with Gasteiger partial charge in [-0.15, -0.1) is 11.8 Å². The number of aryl methyl sites for hydroxylation is 2. The van der Waals surface area contributed by atoms with Gasteiger partial charge in [-0.2, -0.15) is 0 Å². The Kier molecular flexibility index (Phi) is 7.58. The van der Waals surface area contributed by atoms with Crippen LogP contribution in [0, 0.1) is 6.92 Å². The Morgan fingerprint density at radius 2 is 1.54 bits per heavy atom. The molecule has 0 saturated carbocycles. The molecule has 2 nitrogen and oxygen atoms in total. The fourth-order valence-electron chi connectivity index (χ4n) is 2.80. The maximum absolute atomic E-state index is 12.3. The van der Waals surface area contributed by atoms with Crippen LogP contribution in [0.5, 0.6) is 0 Å². The molecular weight excluding hydrogens is 386 g/mol. The van der Waals surface area contributed by atoms with Crippen molar-refractivity contribution in [1.29, 1.82) is 0 Å². The molecule has 4 heteroatoms. The van der Waals surface area contributed by atoms with Crippen molar-refractivity contribution < 1.29 is 4.79 Å². The van der Waals surface area contributed by atoms with Crippen LogP contribution in [-0.2, 0) is 12.2 Å². The summed E-state index contributed by atoms with van der Waals surface area (Å²) in [7, 11) is 0. The minimum absolute atomic E-state index is 0.0196. The van der Waals surface area contributed by atoms with Gasteiger partial charge >= 0.3 is 0 Å². The van der Waals surface area contributed by atoms with Crippen LogP contribution >= 0.6 is 23.4 Å². The first-order chi connectivity index (χ1) is 13.6. The minimum atomic E-state index is -0.0196. The highest BCUT2D eigenvalue weighted by atomic mass is 35.5. The van der Waals surface area contributed by atoms with Crippen molar-refractivity contribution >= 4 is 29.3 Å². The lowest BCUT2D eigenvalue weighted by atomic mass is 10.1. The SMILES string of the molecule is Cc1ccc(SCc2ccc(C(=O)NCCCc3ccc(Cl)cc3)cc2)cc1. The molecule has 0 atom stereocenters. The Labute approximate surface area is 176 Å². The van der Waals surface area contributed by atoms with Crippen LogP contribution < -0.4 is 5.32 Å². The van der Waals surface area contributed by atoms with E-state index in [-0.39, 0.29) is 5.91 Å². The van der Waals surface area contributed by atoms with E-state index in [1.165, 1.54) is 21.6 Å². The van der Waals surface area contributed by atoms with E-state index in [1.54, 1.807) is 11.8 Å². The number of thioether (sulfide) groups is 1. The number of benzene rings is 3. The van der Waals surface area contributed by atoms with Gasteiger partial charge in [0.25, 0.3) is 5.91 Å². The predicted molar refractivity (Wildman–Crippen MR) is 119 cm³/mol. The zero-order valence-electron chi connectivity index (χ0n) is 16.0. The zero-order chi connectivity index (χ0) is 19.8. The molecular formula is C24H24ClNOS. The summed E-state index contributed by atoms with van der Waals surface area (Å²) in [6, 6.07) is 24.3. The van der Waals surface area contributed by atoms with Crippen molar-refractivity contribution in [3.8, 4) is 0 Å². The third kappa shape index (κ3) is 6.43. The second-order valence-corrected chi connectivity index (χ2v) is 8.27. The summed E-state index contributed by atoms with van der Waals surface area (Å²) in [4.78, 5) is 13.5. The van der Waals surface area contributed by atoms with Crippen LogP contribution in [0.1, 0.15) is 33.5 Å². The topological polar surface area (TPSA) is 29.1 Å². The first-order valence-corrected chi connectivity index (χ1v) is 10.8. The molecule has 0 aliphatic heterocycles. The number of halogens is 1. The van der Waals surface area contributed by atoms with Gasteiger partial charge in [0, 0.05) is 27.8 Å². The van der Waals surface area contributed by atoms with Crippen LogP contribution in [0.15, 0.2) is 77.7 Å². The van der Waals surface area contributed by atoms with Gasteiger partial charge in [-0.1, -0.05) is 53.6 Å². The third-order valence-corrected chi connectivity index (χ3v) is 5.82. The quantitative estimate of drug-likeness (QED) is 0.349. The molecule has 0 spiro atoms. The van der Waals surface area contributed by atoms with Crippen molar-refractivity contribution in [2.24, 2.45) is 0 Å². The normalized spacial score (nSPS) is 10.6. The van der Waals surface area contributed by atoms with Gasteiger partial charge in [-0.05, 0) is 67.3 Å². The van der Waals surface area contributed by atoms with Crippen LogP contribution in [-0.4, -0.2) is 12.5 Å². The molecule has 144 valence electrons. The molecule has 0 saturated heterocycles. The second kappa shape index (κ2) is 10.4. The maximum atomic E-state index is 12.3. The summed E-state index contributed by atoms with van der Waals surface area (Å²) < 4.78 is 0. The highest BCUT2D eigenvalue weighted by Crippen LogP contribution is 2.23. The van der Waals surface area contributed by atoms with E-state index in [1.807, 2.05) is 48.5 Å². The maximum Gasteiger partial charge on any atom is 0.251 e. The van der Waals surface area contributed by atoms with E-state index in [2.05, 4.69) is 36.5 Å². The molecule has 0 fully saturated rings. The molecule has 28 heavy (non-hydrogen) atoms. The number of carbonyl (C=O) groups is 1. The summed E-state index contributed by atoms with van der Waals surface area (Å²) >= 11 is 7.69. The van der Waals surface area contributed by atoms with Crippen LogP contribution in [0.3, 0.4) is 0 Å². The predicted octanol–water partition coefficient (Wildman–Crippen LogP) is 6.30. The zero-order valence-corrected chi connectivity index (χ0v) is 17.5. The third-order valence-electron chi connectivity index (χ3n) is 4.48. The average molecular weight is 410 g/mol. The molecule has 1 N–H and O–H groups in total. The largest absolute Gasteiger partial charge is 0.352 e. The number of rotatable bonds is 8. The first kappa shape index (κ1) is 20.5. The summed E-state index contributed by atoms with van der Waals surface area (Å²) in [6.45, 7) is 2.75. The fraction of sp³-hybridized carbons (Fsp3) is 0.208. The monoisotopic (exact) mass is 409 g/mol. The van der Waals surface area contributed by atoms with E-state index in [0.717, 1.165) is 23.6 Å². The van der Waals surface area contributed by atoms with Crippen molar-refractivity contribution in [2.45, 2.75) is 30.4 Å². The summed E-state index contributed by atoms with van der Waals surface area (Å²) in [5.41, 5.74) is 4.42. The van der Waals surface area contributed by atoms with Gasteiger partial charge in [0.15, 0.2) is 0 Å². The van der Waals surface area contributed by atoms with E-state index >= 15 is 0 Å². The Morgan fingerprint density at radius 3 is 2.21 bits per heavy atom. The Balaban J connectivity index is 1.41. The van der Waals surface area contributed by atoms with Gasteiger partial charge < -0.3 is 5.32 Å². The Morgan fingerprint density at radius 1 is 0.893 bits per heavy atom. The van der Waals surface area contributed by atoms with Gasteiger partial charge in [-0.3, -0.25) is 4.79 Å². The molecule has 0 radical (unpaired) electrons. The number of hydrogen-bond donors (Lipinski definition) is 1. The standard InChI is InChI=1S/C24H24ClNOS/c1-18-4-14-23(15-5-18)28-17-20-6-10-21(11-7-20)24(27)26-16-2-3-19-8-12-22(25)13-9-19/h4-15H,2-3,16-17H2,1H3,(H,26,27). The summed E-state index contributed by atoms with van der Waals surface area (Å²) in [6.07, 6.45) is 1.82. The first-order valence-electron chi connectivity index (χ1n) is 9.41. The highest BCUT2D eigenvalue weighted by molar-refractivity contribution is 7.98. The summed E-state index contributed by atoms with van der Waals surface area (Å²) in [5, 5.41) is 3.74. The molecule has 0 heterocycles. The van der Waals surface area contributed by atoms with Crippen molar-refractivity contribution in [3.63, 3.8) is 0 Å². The molecule has 0 aromatic heterocycles. The molecule has 3 aromatic carbocycles. The highest BCUT2D eigenvalue weighted by Gasteiger charge is 2.05. The molecule has 0 aliphatic rings. The minimum Gasteiger partial charge on any atom is -0.352 e. The van der Waals surface area contributed by atoms with E-state index in [4.69, 9.17) is 11.6 Å². The van der Waals surface area contributed by atoms with Gasteiger partial charge in [0.1, 0.15) is 0 Å². The van der Waals surface area contributed by atoms with Crippen LogP contribution in [0.2, 0.25) is 5.02 Å². The molecule has 3 rings (SSSR count). The van der Waals surface area contributed by atoms with Crippen molar-refractivity contribution in [1.82, 2.24) is 5.32 Å². The lowest BCUT2D eigenvalue weighted by molar-refractivity contribution is 0.0953. The second-order valence-electron chi connectivity index (χ2n) is 6.78. The number of hydrogen-bond acceptors (Lipinski definition) is 2. The molecule has 1 amide bonds. The number of nitrogens with one attached hydrogen (secondary N) is 1.